The molecule has 1 aliphatic rings. The van der Waals surface area contributed by atoms with Crippen LogP contribution in [0.2, 0.25) is 0 Å². The highest BCUT2D eigenvalue weighted by Gasteiger charge is 2.23. The van der Waals surface area contributed by atoms with Crippen LogP contribution in [0.1, 0.15) is 30.1 Å². The van der Waals surface area contributed by atoms with Crippen LogP contribution in [0, 0.1) is 13.8 Å². The number of nitrogens with one attached hydrogen (secondary N) is 1. The van der Waals surface area contributed by atoms with Gasteiger partial charge in [-0.2, -0.15) is 0 Å². The second kappa shape index (κ2) is 8.07. The number of aromatic amines is 1. The van der Waals surface area contributed by atoms with Crippen LogP contribution < -0.4 is 16.0 Å². The summed E-state index contributed by atoms with van der Waals surface area (Å²) in [7, 11) is 1.63. The van der Waals surface area contributed by atoms with E-state index in [9.17, 15) is 9.59 Å². The van der Waals surface area contributed by atoms with Crippen LogP contribution in [0.5, 0.6) is 5.75 Å². The van der Waals surface area contributed by atoms with Crippen molar-refractivity contribution in [3.05, 3.63) is 62.8 Å². The maximum Gasteiger partial charge on any atom is 0.329 e. The van der Waals surface area contributed by atoms with Crippen molar-refractivity contribution in [1.82, 2.24) is 19.1 Å². The summed E-state index contributed by atoms with van der Waals surface area (Å²) in [6.45, 7) is 4.99. The van der Waals surface area contributed by atoms with Gasteiger partial charge in [-0.15, -0.1) is 11.3 Å². The number of fused-ring (bicyclic) bond motifs is 1. The van der Waals surface area contributed by atoms with Crippen molar-refractivity contribution in [3.63, 3.8) is 0 Å². The number of nitrogens with zero attached hydrogens (tertiary/aromatic N) is 3. The number of hydrogen-bond donors (Lipinski definition) is 1. The molecule has 166 valence electrons. The Labute approximate surface area is 188 Å². The van der Waals surface area contributed by atoms with Crippen LogP contribution in [0.4, 0.5) is 0 Å². The number of thiophene rings is 1. The monoisotopic (exact) mass is 452 g/mol. The molecule has 1 N–H and O–H groups in total. The van der Waals surface area contributed by atoms with E-state index in [4.69, 9.17) is 9.47 Å². The van der Waals surface area contributed by atoms with Gasteiger partial charge >= 0.3 is 5.69 Å². The Morgan fingerprint density at radius 1 is 1.22 bits per heavy atom. The van der Waals surface area contributed by atoms with Crippen LogP contribution in [0.3, 0.4) is 0 Å². The number of H-pyrrole nitrogens is 1. The molecule has 8 nitrogen and oxygen atoms in total. The summed E-state index contributed by atoms with van der Waals surface area (Å²) in [5.41, 5.74) is 3.00. The Hall–Kier alpha value is -3.17. The topological polar surface area (TPSA) is 91.1 Å². The summed E-state index contributed by atoms with van der Waals surface area (Å²) < 4.78 is 14.3. The zero-order chi connectivity index (χ0) is 22.4. The molecule has 0 saturated carbocycles. The van der Waals surface area contributed by atoms with Gasteiger partial charge in [0, 0.05) is 30.3 Å². The highest BCUT2D eigenvalue weighted by atomic mass is 32.1. The highest BCUT2D eigenvalue weighted by molar-refractivity contribution is 7.22. The van der Waals surface area contributed by atoms with Gasteiger partial charge in [-0.05, 0) is 49.9 Å². The van der Waals surface area contributed by atoms with Crippen LogP contribution in [-0.4, -0.2) is 39.4 Å². The van der Waals surface area contributed by atoms with Crippen molar-refractivity contribution in [1.29, 1.82) is 0 Å². The van der Waals surface area contributed by atoms with E-state index in [1.54, 1.807) is 13.4 Å². The number of methoxy groups -OCH3 is 1. The van der Waals surface area contributed by atoms with Crippen molar-refractivity contribution >= 4 is 21.6 Å². The zero-order valence-corrected chi connectivity index (χ0v) is 19.0. The summed E-state index contributed by atoms with van der Waals surface area (Å²) in [5.74, 6) is 0.699. The van der Waals surface area contributed by atoms with Gasteiger partial charge in [0.05, 0.1) is 30.2 Å². The van der Waals surface area contributed by atoms with E-state index < -0.39 is 0 Å². The summed E-state index contributed by atoms with van der Waals surface area (Å²) in [6, 6.07) is 5.80. The molecular formula is C23H24N4O4S. The molecule has 1 saturated heterocycles. The molecular weight excluding hydrogens is 428 g/mol. The number of benzene rings is 1. The lowest BCUT2D eigenvalue weighted by Gasteiger charge is -2.23. The minimum atomic E-state index is -0.356. The zero-order valence-electron chi connectivity index (χ0n) is 18.2. The van der Waals surface area contributed by atoms with Crippen molar-refractivity contribution in [2.24, 2.45) is 0 Å². The second-order valence-electron chi connectivity index (χ2n) is 8.02. The van der Waals surface area contributed by atoms with Gasteiger partial charge in [0.1, 0.15) is 10.6 Å². The fraction of sp³-hybridized carbons (Fsp3) is 0.348. The Kier molecular flexibility index (Phi) is 5.22. The smallest absolute Gasteiger partial charge is 0.329 e. The number of aromatic nitrogens is 4. The molecule has 0 amide bonds. The Morgan fingerprint density at radius 3 is 2.69 bits per heavy atom. The number of imidazole rings is 1. The Bertz CT molecular complexity index is 1420. The van der Waals surface area contributed by atoms with E-state index in [-0.39, 0.29) is 17.3 Å². The van der Waals surface area contributed by atoms with E-state index in [1.165, 1.54) is 15.9 Å². The van der Waals surface area contributed by atoms with Gasteiger partial charge in [0.2, 0.25) is 0 Å². The molecule has 0 aliphatic carbocycles. The first-order valence-corrected chi connectivity index (χ1v) is 11.3. The van der Waals surface area contributed by atoms with Gasteiger partial charge in [0.15, 0.2) is 0 Å². The van der Waals surface area contributed by atoms with E-state index in [0.29, 0.717) is 42.0 Å². The largest absolute Gasteiger partial charge is 0.495 e. The third kappa shape index (κ3) is 3.37. The van der Waals surface area contributed by atoms with Gasteiger partial charge in [-0.25, -0.2) is 9.78 Å². The third-order valence-electron chi connectivity index (χ3n) is 6.01. The number of hydrogen-bond acceptors (Lipinski definition) is 6. The minimum Gasteiger partial charge on any atom is -0.495 e. The molecule has 0 unspecified atom stereocenters. The van der Waals surface area contributed by atoms with Crippen molar-refractivity contribution in [3.8, 4) is 21.9 Å². The van der Waals surface area contributed by atoms with Crippen LogP contribution in [0.25, 0.3) is 26.3 Å². The van der Waals surface area contributed by atoms with E-state index in [2.05, 4.69) is 9.97 Å². The third-order valence-corrected chi connectivity index (χ3v) is 7.26. The molecule has 3 aromatic heterocycles. The van der Waals surface area contributed by atoms with E-state index in [0.717, 1.165) is 27.4 Å². The van der Waals surface area contributed by atoms with Gasteiger partial charge < -0.3 is 14.0 Å². The van der Waals surface area contributed by atoms with Gasteiger partial charge in [-0.3, -0.25) is 14.3 Å². The van der Waals surface area contributed by atoms with Crippen molar-refractivity contribution in [2.45, 2.75) is 32.7 Å². The maximum absolute atomic E-state index is 13.4. The van der Waals surface area contributed by atoms with E-state index >= 15 is 0 Å². The lowest BCUT2D eigenvalue weighted by molar-refractivity contribution is 0.0676. The normalized spacial score (nSPS) is 14.8. The fourth-order valence-corrected chi connectivity index (χ4v) is 5.55. The summed E-state index contributed by atoms with van der Waals surface area (Å²) in [6.07, 6.45) is 5.01. The Balaban J connectivity index is 1.63. The first-order valence-electron chi connectivity index (χ1n) is 10.5. The average Bonchev–Trinajstić information content (AvgIpc) is 3.37. The molecule has 0 spiro atoms. The number of aryl methyl sites for hydroxylation is 2. The lowest BCUT2D eigenvalue weighted by Crippen LogP contribution is -2.39. The standard InChI is InChI=1S/C23H24N4O4S/c1-13-11-26(12-24-13)17-5-4-15(10-18(17)30-3)20-14(2)19-21(32-20)25-23(29)27(22(19)28)16-6-8-31-9-7-16/h4-5,10-12,16H,6-9H2,1-3H3,(H,25,29). The maximum atomic E-state index is 13.4. The van der Waals surface area contributed by atoms with Crippen LogP contribution in [0.15, 0.2) is 40.3 Å². The average molecular weight is 453 g/mol. The highest BCUT2D eigenvalue weighted by Crippen LogP contribution is 2.38. The molecule has 1 aromatic carbocycles. The molecule has 1 aliphatic heterocycles. The molecule has 5 rings (SSSR count). The molecule has 0 atom stereocenters. The first-order chi connectivity index (χ1) is 15.5. The van der Waals surface area contributed by atoms with Crippen molar-refractivity contribution < 1.29 is 9.47 Å². The van der Waals surface area contributed by atoms with Gasteiger partial charge in [-0.1, -0.05) is 6.07 Å². The quantitative estimate of drug-likeness (QED) is 0.511. The van der Waals surface area contributed by atoms with Gasteiger partial charge in [0.25, 0.3) is 5.56 Å². The number of rotatable bonds is 4. The molecule has 9 heteroatoms. The number of ether oxygens (including phenoxy) is 2. The predicted molar refractivity (Wildman–Crippen MR) is 124 cm³/mol. The SMILES string of the molecule is COc1cc(-c2sc3[nH]c(=O)n(C4CCOCC4)c(=O)c3c2C)ccc1-n1cnc(C)c1. The molecule has 0 radical (unpaired) electrons. The van der Waals surface area contributed by atoms with Crippen LogP contribution >= 0.6 is 11.3 Å². The fourth-order valence-electron chi connectivity index (χ4n) is 4.36. The predicted octanol–water partition coefficient (Wildman–Crippen LogP) is 3.58. The Morgan fingerprint density at radius 2 is 2.00 bits per heavy atom. The summed E-state index contributed by atoms with van der Waals surface area (Å²) in [4.78, 5) is 34.9. The minimum absolute atomic E-state index is 0.134. The van der Waals surface area contributed by atoms with E-state index in [1.807, 2.05) is 42.8 Å². The molecule has 4 heterocycles. The summed E-state index contributed by atoms with van der Waals surface area (Å²) >= 11 is 1.42. The lowest BCUT2D eigenvalue weighted by atomic mass is 10.1. The van der Waals surface area contributed by atoms with Crippen molar-refractivity contribution in [2.75, 3.05) is 20.3 Å². The first kappa shape index (κ1) is 20.7. The molecule has 0 bridgehead atoms. The summed E-state index contributed by atoms with van der Waals surface area (Å²) in [5, 5.41) is 0.573. The molecule has 4 aromatic rings. The molecule has 32 heavy (non-hydrogen) atoms. The van der Waals surface area contributed by atoms with Crippen LogP contribution in [-0.2, 0) is 4.74 Å². The second-order valence-corrected chi connectivity index (χ2v) is 9.04. The molecule has 1 fully saturated rings.